The van der Waals surface area contributed by atoms with E-state index in [-0.39, 0.29) is 11.7 Å². The molecule has 6 nitrogen and oxygen atoms in total. The summed E-state index contributed by atoms with van der Waals surface area (Å²) in [5, 5.41) is 7.36. The number of Topliss-reactive ketones (excluding diaryl/α,β-unsaturated/α-hetero) is 1. The molecular weight excluding hydrogens is 416 g/mol. The zero-order valence-electron chi connectivity index (χ0n) is 15.5. The predicted octanol–water partition coefficient (Wildman–Crippen LogP) is 4.31. The number of rotatable bonds is 7. The summed E-state index contributed by atoms with van der Waals surface area (Å²) in [5.74, 6) is -0.953. The Morgan fingerprint density at radius 3 is 2.68 bits per heavy atom. The fraction of sp³-hybridized carbons (Fsp3) is 0.263. The second-order valence-corrected chi connectivity index (χ2v) is 8.98. The van der Waals surface area contributed by atoms with Gasteiger partial charge in [-0.2, -0.15) is 11.3 Å². The van der Waals surface area contributed by atoms with Gasteiger partial charge in [0.25, 0.3) is 0 Å². The third-order valence-electron chi connectivity index (χ3n) is 3.82. The summed E-state index contributed by atoms with van der Waals surface area (Å²) in [6.07, 6.45) is -0.911. The molecule has 3 heterocycles. The first-order valence-electron chi connectivity index (χ1n) is 8.43. The Labute approximate surface area is 174 Å². The molecule has 0 aliphatic rings. The number of nitrogens with zero attached hydrogens (tertiary/aromatic N) is 1. The number of aromatic nitrogens is 1. The second kappa shape index (κ2) is 8.76. The number of nitrogens with one attached hydrogen (secondary N) is 1. The van der Waals surface area contributed by atoms with Crippen LogP contribution in [0.5, 0.6) is 0 Å². The molecule has 1 atom stereocenters. The van der Waals surface area contributed by atoms with Gasteiger partial charge in [0, 0.05) is 22.7 Å². The van der Waals surface area contributed by atoms with Crippen LogP contribution >= 0.6 is 34.0 Å². The van der Waals surface area contributed by atoms with Gasteiger partial charge < -0.3 is 10.1 Å². The molecule has 1 N–H and O–H groups in total. The minimum atomic E-state index is -0.911. The Bertz CT molecular complexity index is 1000. The SMILES string of the molecule is CC(=O)NCc1ccc(C(=O)C(C)OC(=O)c2sc(-c3ccsc3)nc2C)s1. The van der Waals surface area contributed by atoms with Crippen LogP contribution in [0.3, 0.4) is 0 Å². The molecule has 1 amide bonds. The van der Waals surface area contributed by atoms with Gasteiger partial charge in [-0.25, -0.2) is 9.78 Å². The summed E-state index contributed by atoms with van der Waals surface area (Å²) < 4.78 is 5.39. The Morgan fingerprint density at radius 1 is 1.21 bits per heavy atom. The van der Waals surface area contributed by atoms with Gasteiger partial charge in [-0.15, -0.1) is 22.7 Å². The van der Waals surface area contributed by atoms with Gasteiger partial charge in [0.2, 0.25) is 11.7 Å². The molecule has 0 fully saturated rings. The van der Waals surface area contributed by atoms with Crippen molar-refractivity contribution < 1.29 is 19.1 Å². The van der Waals surface area contributed by atoms with E-state index in [4.69, 9.17) is 4.74 Å². The number of hydrogen-bond acceptors (Lipinski definition) is 8. The van der Waals surface area contributed by atoms with E-state index in [0.29, 0.717) is 22.0 Å². The molecule has 3 aromatic rings. The molecule has 0 aromatic carbocycles. The highest BCUT2D eigenvalue weighted by Gasteiger charge is 2.25. The number of aryl methyl sites for hydroxylation is 1. The monoisotopic (exact) mass is 434 g/mol. The van der Waals surface area contributed by atoms with Crippen molar-refractivity contribution >= 4 is 51.7 Å². The highest BCUT2D eigenvalue weighted by atomic mass is 32.1. The first kappa shape index (κ1) is 20.4. The van der Waals surface area contributed by atoms with E-state index >= 15 is 0 Å². The first-order valence-corrected chi connectivity index (χ1v) is 11.0. The number of esters is 1. The van der Waals surface area contributed by atoms with Crippen molar-refractivity contribution in [1.82, 2.24) is 10.3 Å². The number of amides is 1. The second-order valence-electron chi connectivity index (χ2n) is 6.03. The van der Waals surface area contributed by atoms with E-state index in [1.807, 2.05) is 16.8 Å². The van der Waals surface area contributed by atoms with Crippen LogP contribution in [0.25, 0.3) is 10.6 Å². The summed E-state index contributed by atoms with van der Waals surface area (Å²) in [4.78, 5) is 42.3. The number of ether oxygens (including phenoxy) is 1. The van der Waals surface area contributed by atoms with E-state index in [0.717, 1.165) is 15.4 Å². The van der Waals surface area contributed by atoms with Gasteiger partial charge in [0.15, 0.2) is 6.10 Å². The van der Waals surface area contributed by atoms with E-state index in [1.165, 1.54) is 29.6 Å². The van der Waals surface area contributed by atoms with Crippen LogP contribution in [0.15, 0.2) is 29.0 Å². The highest BCUT2D eigenvalue weighted by Crippen LogP contribution is 2.30. The van der Waals surface area contributed by atoms with Crippen LogP contribution in [0.2, 0.25) is 0 Å². The van der Waals surface area contributed by atoms with Crippen molar-refractivity contribution in [3.63, 3.8) is 0 Å². The first-order chi connectivity index (χ1) is 13.3. The maximum Gasteiger partial charge on any atom is 0.350 e. The quantitative estimate of drug-likeness (QED) is 0.442. The number of carbonyl (C=O) groups excluding carboxylic acids is 3. The molecule has 3 aromatic heterocycles. The van der Waals surface area contributed by atoms with Crippen molar-refractivity contribution in [1.29, 1.82) is 0 Å². The predicted molar refractivity (Wildman–Crippen MR) is 111 cm³/mol. The number of thiazole rings is 1. The standard InChI is InChI=1S/C19H18N2O4S3/c1-10-17(28-18(21-10)13-6-7-26-9-13)19(24)25-11(2)16(23)15-5-4-14(27-15)8-20-12(3)22/h4-7,9,11H,8H2,1-3H3,(H,20,22). The lowest BCUT2D eigenvalue weighted by Crippen LogP contribution is -2.23. The van der Waals surface area contributed by atoms with Crippen LogP contribution in [-0.4, -0.2) is 28.7 Å². The lowest BCUT2D eigenvalue weighted by Gasteiger charge is -2.10. The number of hydrogen-bond donors (Lipinski definition) is 1. The van der Waals surface area contributed by atoms with Crippen molar-refractivity contribution in [2.24, 2.45) is 0 Å². The summed E-state index contributed by atoms with van der Waals surface area (Å²) in [5.41, 5.74) is 1.55. The van der Waals surface area contributed by atoms with Gasteiger partial charge in [-0.3, -0.25) is 9.59 Å². The van der Waals surface area contributed by atoms with E-state index in [1.54, 1.807) is 37.3 Å². The Morgan fingerprint density at radius 2 is 2.00 bits per heavy atom. The number of ketones is 1. The van der Waals surface area contributed by atoms with Crippen molar-refractivity contribution in [2.45, 2.75) is 33.4 Å². The van der Waals surface area contributed by atoms with Crippen molar-refractivity contribution in [3.05, 3.63) is 49.3 Å². The highest BCUT2D eigenvalue weighted by molar-refractivity contribution is 7.17. The molecule has 0 saturated carbocycles. The third-order valence-corrected chi connectivity index (χ3v) is 6.79. The van der Waals surface area contributed by atoms with Gasteiger partial charge in [-0.1, -0.05) is 0 Å². The molecule has 0 aliphatic carbocycles. The lowest BCUT2D eigenvalue weighted by atomic mass is 10.2. The zero-order chi connectivity index (χ0) is 20.3. The lowest BCUT2D eigenvalue weighted by molar-refractivity contribution is -0.119. The van der Waals surface area contributed by atoms with Crippen LogP contribution in [0.1, 0.15) is 43.8 Å². The molecule has 28 heavy (non-hydrogen) atoms. The Balaban J connectivity index is 1.65. The zero-order valence-corrected chi connectivity index (χ0v) is 17.9. The van der Waals surface area contributed by atoms with Crippen molar-refractivity contribution in [2.75, 3.05) is 0 Å². The molecule has 1 unspecified atom stereocenters. The molecule has 146 valence electrons. The fourth-order valence-corrected chi connectivity index (χ4v) is 5.01. The van der Waals surface area contributed by atoms with Crippen LogP contribution in [0.4, 0.5) is 0 Å². The summed E-state index contributed by atoms with van der Waals surface area (Å²) >= 11 is 4.10. The smallest absolute Gasteiger partial charge is 0.350 e. The van der Waals surface area contributed by atoms with Crippen molar-refractivity contribution in [3.8, 4) is 10.6 Å². The summed E-state index contributed by atoms with van der Waals surface area (Å²) in [6, 6.07) is 5.41. The average molecular weight is 435 g/mol. The van der Waals surface area contributed by atoms with Crippen LogP contribution in [-0.2, 0) is 16.1 Å². The molecule has 0 bridgehead atoms. The van der Waals surface area contributed by atoms with Crippen LogP contribution < -0.4 is 5.32 Å². The molecule has 0 aliphatic heterocycles. The summed E-state index contributed by atoms with van der Waals surface area (Å²) in [6.45, 7) is 5.12. The largest absolute Gasteiger partial charge is 0.450 e. The normalized spacial score (nSPS) is 11.8. The minimum absolute atomic E-state index is 0.134. The number of thiophene rings is 2. The topological polar surface area (TPSA) is 85.4 Å². The average Bonchev–Trinajstić information content (AvgIpc) is 3.39. The minimum Gasteiger partial charge on any atom is -0.450 e. The van der Waals surface area contributed by atoms with Gasteiger partial charge in [0.1, 0.15) is 9.88 Å². The fourth-order valence-electron chi connectivity index (χ4n) is 2.38. The molecular formula is C19H18N2O4S3. The maximum absolute atomic E-state index is 12.6. The van der Waals surface area contributed by atoms with Gasteiger partial charge >= 0.3 is 5.97 Å². The van der Waals surface area contributed by atoms with E-state index in [2.05, 4.69) is 10.3 Å². The van der Waals surface area contributed by atoms with Gasteiger partial charge in [0.05, 0.1) is 17.1 Å². The molecule has 0 spiro atoms. The Kier molecular flexibility index (Phi) is 6.38. The van der Waals surface area contributed by atoms with E-state index < -0.39 is 12.1 Å². The van der Waals surface area contributed by atoms with Crippen LogP contribution in [0, 0.1) is 6.92 Å². The Hall–Kier alpha value is -2.36. The number of carbonyl (C=O) groups is 3. The molecule has 0 saturated heterocycles. The molecule has 9 heteroatoms. The summed E-state index contributed by atoms with van der Waals surface area (Å²) in [7, 11) is 0. The third kappa shape index (κ3) is 4.73. The maximum atomic E-state index is 12.6. The molecule has 3 rings (SSSR count). The van der Waals surface area contributed by atoms with Gasteiger partial charge in [-0.05, 0) is 37.4 Å². The molecule has 0 radical (unpaired) electrons. The van der Waals surface area contributed by atoms with E-state index in [9.17, 15) is 14.4 Å².